The van der Waals surface area contributed by atoms with E-state index in [1.807, 2.05) is 44.3 Å². The van der Waals surface area contributed by atoms with Gasteiger partial charge in [0.1, 0.15) is 5.54 Å². The molecule has 1 atom stereocenters. The van der Waals surface area contributed by atoms with Crippen molar-refractivity contribution >= 4 is 5.91 Å². The molecule has 138 valence electrons. The van der Waals surface area contributed by atoms with Crippen molar-refractivity contribution in [3.05, 3.63) is 71.3 Å². The van der Waals surface area contributed by atoms with E-state index in [-0.39, 0.29) is 5.91 Å². The van der Waals surface area contributed by atoms with Crippen molar-refractivity contribution < 1.29 is 9.90 Å². The molecule has 0 aromatic heterocycles. The molecule has 0 radical (unpaired) electrons. The van der Waals surface area contributed by atoms with Crippen LogP contribution in [0.4, 0.5) is 0 Å². The van der Waals surface area contributed by atoms with Crippen LogP contribution in [0.2, 0.25) is 0 Å². The molecule has 2 aromatic rings. The van der Waals surface area contributed by atoms with E-state index in [2.05, 4.69) is 34.5 Å². The summed E-state index contributed by atoms with van der Waals surface area (Å²) in [7, 11) is 2.02. The van der Waals surface area contributed by atoms with Crippen LogP contribution in [0.1, 0.15) is 30.0 Å². The van der Waals surface area contributed by atoms with Crippen LogP contribution in [0.3, 0.4) is 0 Å². The smallest absolute Gasteiger partial charge is 0.241 e. The fraction of sp³-hybridized carbons (Fsp3) is 0.409. The maximum Gasteiger partial charge on any atom is 0.241 e. The van der Waals surface area contributed by atoms with Gasteiger partial charge in [-0.3, -0.25) is 9.69 Å². The normalized spacial score (nSPS) is 16.3. The Morgan fingerprint density at radius 2 is 1.69 bits per heavy atom. The van der Waals surface area contributed by atoms with Crippen molar-refractivity contribution in [1.82, 2.24) is 10.2 Å². The first kappa shape index (κ1) is 18.6. The molecular formula is C22H28N2O2. The zero-order valence-electron chi connectivity index (χ0n) is 15.6. The lowest BCUT2D eigenvalue weighted by Crippen LogP contribution is -2.58. The van der Waals surface area contributed by atoms with Crippen LogP contribution in [0.5, 0.6) is 0 Å². The van der Waals surface area contributed by atoms with Gasteiger partial charge in [-0.25, -0.2) is 0 Å². The Morgan fingerprint density at radius 3 is 2.27 bits per heavy atom. The third kappa shape index (κ3) is 3.81. The Bertz CT molecular complexity index is 720. The van der Waals surface area contributed by atoms with Crippen LogP contribution >= 0.6 is 0 Å². The second-order valence-corrected chi connectivity index (χ2v) is 7.27. The SMILES string of the molecule is CC[C@H](O)CNC(=O)C1(N(C)Cc2ccccc2)Cc2ccccc2C1. The Labute approximate surface area is 155 Å². The summed E-state index contributed by atoms with van der Waals surface area (Å²) in [6.45, 7) is 2.92. The summed E-state index contributed by atoms with van der Waals surface area (Å²) in [6.07, 6.45) is 1.52. The summed E-state index contributed by atoms with van der Waals surface area (Å²) >= 11 is 0. The van der Waals surface area contributed by atoms with Gasteiger partial charge in [0.15, 0.2) is 0 Å². The first-order chi connectivity index (χ1) is 12.5. The topological polar surface area (TPSA) is 52.6 Å². The van der Waals surface area contributed by atoms with E-state index < -0.39 is 11.6 Å². The molecule has 0 bridgehead atoms. The highest BCUT2D eigenvalue weighted by molar-refractivity contribution is 5.88. The summed E-state index contributed by atoms with van der Waals surface area (Å²) in [5.41, 5.74) is 3.04. The molecule has 0 aliphatic heterocycles. The van der Waals surface area contributed by atoms with E-state index in [0.717, 1.165) is 0 Å². The van der Waals surface area contributed by atoms with E-state index in [1.54, 1.807) is 0 Å². The van der Waals surface area contributed by atoms with Crippen molar-refractivity contribution in [2.45, 2.75) is 44.4 Å². The number of amides is 1. The first-order valence-electron chi connectivity index (χ1n) is 9.33. The van der Waals surface area contributed by atoms with Crippen LogP contribution in [0, 0.1) is 0 Å². The molecule has 2 aromatic carbocycles. The number of hydrogen-bond donors (Lipinski definition) is 2. The average Bonchev–Trinajstić information content (AvgIpc) is 3.07. The molecule has 1 amide bonds. The third-order valence-corrected chi connectivity index (χ3v) is 5.47. The lowest BCUT2D eigenvalue weighted by molar-refractivity contribution is -0.133. The van der Waals surface area contributed by atoms with E-state index in [0.29, 0.717) is 32.4 Å². The van der Waals surface area contributed by atoms with Crippen molar-refractivity contribution in [1.29, 1.82) is 0 Å². The number of rotatable bonds is 7. The van der Waals surface area contributed by atoms with Crippen LogP contribution in [0.15, 0.2) is 54.6 Å². The van der Waals surface area contributed by atoms with Crippen molar-refractivity contribution in [3.63, 3.8) is 0 Å². The van der Waals surface area contributed by atoms with Gasteiger partial charge in [0, 0.05) is 25.9 Å². The number of nitrogens with one attached hydrogen (secondary N) is 1. The minimum atomic E-state index is -0.618. The lowest BCUT2D eigenvalue weighted by Gasteiger charge is -2.37. The van der Waals surface area contributed by atoms with Gasteiger partial charge in [0.25, 0.3) is 0 Å². The third-order valence-electron chi connectivity index (χ3n) is 5.47. The van der Waals surface area contributed by atoms with Gasteiger partial charge >= 0.3 is 0 Å². The summed E-state index contributed by atoms with van der Waals surface area (Å²) in [5.74, 6) is -0.000342. The summed E-state index contributed by atoms with van der Waals surface area (Å²) in [6, 6.07) is 18.5. The highest BCUT2D eigenvalue weighted by atomic mass is 16.3. The van der Waals surface area contributed by atoms with Crippen LogP contribution in [-0.4, -0.2) is 41.1 Å². The maximum atomic E-state index is 13.2. The molecule has 2 N–H and O–H groups in total. The molecule has 1 aliphatic carbocycles. The van der Waals surface area contributed by atoms with Gasteiger partial charge in [-0.05, 0) is 30.2 Å². The number of nitrogens with zero attached hydrogens (tertiary/aromatic N) is 1. The molecule has 0 unspecified atom stereocenters. The number of benzene rings is 2. The minimum absolute atomic E-state index is 0.000342. The number of likely N-dealkylation sites (N-methyl/N-ethyl adjacent to an activating group) is 1. The monoisotopic (exact) mass is 352 g/mol. The van der Waals surface area contributed by atoms with Gasteiger partial charge in [0.2, 0.25) is 5.91 Å². The largest absolute Gasteiger partial charge is 0.391 e. The molecular weight excluding hydrogens is 324 g/mol. The number of carbonyl (C=O) groups is 1. The van der Waals surface area contributed by atoms with Crippen molar-refractivity contribution in [2.75, 3.05) is 13.6 Å². The van der Waals surface area contributed by atoms with E-state index in [4.69, 9.17) is 0 Å². The van der Waals surface area contributed by atoms with Crippen molar-refractivity contribution in [3.8, 4) is 0 Å². The zero-order chi connectivity index (χ0) is 18.6. The quantitative estimate of drug-likeness (QED) is 0.805. The predicted octanol–water partition coefficient (Wildman–Crippen LogP) is 2.54. The van der Waals surface area contributed by atoms with E-state index >= 15 is 0 Å². The molecule has 0 saturated carbocycles. The van der Waals surface area contributed by atoms with Gasteiger partial charge in [-0.2, -0.15) is 0 Å². The summed E-state index contributed by atoms with van der Waals surface area (Å²) in [4.78, 5) is 15.4. The molecule has 0 heterocycles. The lowest BCUT2D eigenvalue weighted by atomic mass is 9.91. The van der Waals surface area contributed by atoms with Gasteiger partial charge in [0.05, 0.1) is 6.10 Å². The van der Waals surface area contributed by atoms with Crippen LogP contribution in [-0.2, 0) is 24.2 Å². The standard InChI is InChI=1S/C22H28N2O2/c1-3-20(25)15-23-21(26)22(13-18-11-7-8-12-19(18)14-22)24(2)16-17-9-5-4-6-10-17/h4-12,20,25H,3,13-16H2,1-2H3,(H,23,26)/t20-/m0/s1. The number of fused-ring (bicyclic) bond motifs is 1. The zero-order valence-corrected chi connectivity index (χ0v) is 15.6. The average molecular weight is 352 g/mol. The van der Waals surface area contributed by atoms with Crippen LogP contribution < -0.4 is 5.32 Å². The highest BCUT2D eigenvalue weighted by Crippen LogP contribution is 2.35. The highest BCUT2D eigenvalue weighted by Gasteiger charge is 2.46. The molecule has 26 heavy (non-hydrogen) atoms. The molecule has 3 rings (SSSR count). The summed E-state index contributed by atoms with van der Waals surface area (Å²) in [5, 5.41) is 12.8. The predicted molar refractivity (Wildman–Crippen MR) is 104 cm³/mol. The molecule has 0 fully saturated rings. The maximum absolute atomic E-state index is 13.2. The van der Waals surface area contributed by atoms with Gasteiger partial charge < -0.3 is 10.4 Å². The molecule has 0 spiro atoms. The first-order valence-corrected chi connectivity index (χ1v) is 9.33. The van der Waals surface area contributed by atoms with Crippen LogP contribution in [0.25, 0.3) is 0 Å². The summed E-state index contributed by atoms with van der Waals surface area (Å²) < 4.78 is 0. The van der Waals surface area contributed by atoms with Gasteiger partial charge in [-0.1, -0.05) is 61.5 Å². The minimum Gasteiger partial charge on any atom is -0.391 e. The number of aliphatic hydroxyl groups excluding tert-OH is 1. The Kier molecular flexibility index (Phi) is 5.74. The fourth-order valence-corrected chi connectivity index (χ4v) is 3.73. The number of carbonyl (C=O) groups excluding carboxylic acids is 1. The second kappa shape index (κ2) is 8.02. The Hall–Kier alpha value is -2.17. The molecule has 4 heteroatoms. The van der Waals surface area contributed by atoms with E-state index in [1.165, 1.54) is 16.7 Å². The molecule has 1 aliphatic rings. The number of aliphatic hydroxyl groups is 1. The fourth-order valence-electron chi connectivity index (χ4n) is 3.73. The van der Waals surface area contributed by atoms with E-state index in [9.17, 15) is 9.90 Å². The Morgan fingerprint density at radius 1 is 1.12 bits per heavy atom. The molecule has 4 nitrogen and oxygen atoms in total. The number of hydrogen-bond acceptors (Lipinski definition) is 3. The van der Waals surface area contributed by atoms with Crippen molar-refractivity contribution in [2.24, 2.45) is 0 Å². The molecule has 0 saturated heterocycles. The second-order valence-electron chi connectivity index (χ2n) is 7.27. The Balaban J connectivity index is 1.84. The van der Waals surface area contributed by atoms with Gasteiger partial charge in [-0.15, -0.1) is 0 Å².